The second kappa shape index (κ2) is 19.6. The second-order valence-electron chi connectivity index (χ2n) is 12.9. The molecule has 4 nitrogen and oxygen atoms in total. The topological polar surface area (TPSA) is 52.6 Å². The highest BCUT2D eigenvalue weighted by molar-refractivity contribution is 6.31. The molecule has 0 bridgehead atoms. The summed E-state index contributed by atoms with van der Waals surface area (Å²) >= 11 is 6.78. The Morgan fingerprint density at radius 1 is 0.698 bits per heavy atom. The van der Waals surface area contributed by atoms with Crippen LogP contribution in [0.25, 0.3) is 0 Å². The average Bonchev–Trinajstić information content (AvgIpc) is 3.01. The Morgan fingerprint density at radius 3 is 1.58 bits per heavy atom. The molecule has 2 fully saturated rings. The lowest BCUT2D eigenvalue weighted by atomic mass is 9.80. The summed E-state index contributed by atoms with van der Waals surface area (Å²) in [5.41, 5.74) is 2.32. The zero-order valence-electron chi connectivity index (χ0n) is 26.6. The maximum absolute atomic E-state index is 14.3. The van der Waals surface area contributed by atoms with E-state index < -0.39 is 24.3 Å². The van der Waals surface area contributed by atoms with Gasteiger partial charge in [0, 0.05) is 5.02 Å². The highest BCUT2D eigenvalue weighted by Crippen LogP contribution is 2.41. The van der Waals surface area contributed by atoms with E-state index in [1.54, 1.807) is 0 Å². The number of unbranched alkanes of at least 4 members (excludes halogenated alkanes) is 8. The number of esters is 2. The van der Waals surface area contributed by atoms with E-state index in [1.807, 2.05) is 0 Å². The Morgan fingerprint density at radius 2 is 1.14 bits per heavy atom. The van der Waals surface area contributed by atoms with Crippen LogP contribution in [0.2, 0.25) is 5.02 Å². The van der Waals surface area contributed by atoms with Crippen LogP contribution in [-0.2, 0) is 19.1 Å². The van der Waals surface area contributed by atoms with Gasteiger partial charge in [-0.05, 0) is 106 Å². The first-order chi connectivity index (χ1) is 20.8. The molecule has 244 valence electrons. The van der Waals surface area contributed by atoms with E-state index in [-0.39, 0.29) is 25.0 Å². The summed E-state index contributed by atoms with van der Waals surface area (Å²) in [5.74, 6) is -0.755. The molecule has 2 saturated carbocycles. The van der Waals surface area contributed by atoms with Crippen LogP contribution in [0, 0.1) is 0 Å². The summed E-state index contributed by atoms with van der Waals surface area (Å²) in [7, 11) is 0. The molecule has 0 aromatic heterocycles. The average molecular weight is 625 g/mol. The maximum Gasteiger partial charge on any atom is 0.340 e. The van der Waals surface area contributed by atoms with E-state index in [0.717, 1.165) is 126 Å². The molecule has 7 heteroatoms. The van der Waals surface area contributed by atoms with E-state index in [9.17, 15) is 18.4 Å². The molecular weight excluding hydrogens is 570 g/mol. The summed E-state index contributed by atoms with van der Waals surface area (Å²) in [4.78, 5) is 24.5. The number of hydrogen-bond donors (Lipinski definition) is 0. The lowest BCUT2D eigenvalue weighted by molar-refractivity contribution is -0.157. The summed E-state index contributed by atoms with van der Waals surface area (Å²) in [6.07, 6.45) is 13.6. The van der Waals surface area contributed by atoms with E-state index in [1.165, 1.54) is 5.56 Å². The summed E-state index contributed by atoms with van der Waals surface area (Å²) in [6.45, 7) is 4.29. The lowest BCUT2D eigenvalue weighted by Crippen LogP contribution is -2.28. The van der Waals surface area contributed by atoms with Crippen molar-refractivity contribution in [3.8, 4) is 0 Å². The first kappa shape index (κ1) is 35.8. The first-order valence-electron chi connectivity index (χ1n) is 17.3. The van der Waals surface area contributed by atoms with Crippen molar-refractivity contribution in [2.75, 3.05) is 0 Å². The summed E-state index contributed by atoms with van der Waals surface area (Å²) in [5, 5.41) is 0.762. The summed E-state index contributed by atoms with van der Waals surface area (Å²) in [6, 6.07) is 6.37. The number of ether oxygens (including phenoxy) is 2. The fourth-order valence-corrected chi connectivity index (χ4v) is 7.04. The Hall–Kier alpha value is -1.69. The smallest absolute Gasteiger partial charge is 0.340 e. The molecule has 2 aliphatic rings. The molecule has 2 atom stereocenters. The molecule has 0 saturated heterocycles. The maximum atomic E-state index is 14.3. The van der Waals surface area contributed by atoms with Gasteiger partial charge in [-0.2, -0.15) is 0 Å². The third kappa shape index (κ3) is 12.3. The molecule has 0 heterocycles. The molecule has 0 aliphatic heterocycles. The fourth-order valence-electron chi connectivity index (χ4n) is 6.70. The number of carbonyl (C=O) groups is 2. The number of alkyl halides is 2. The highest BCUT2D eigenvalue weighted by atomic mass is 35.5. The minimum absolute atomic E-state index is 0.209. The van der Waals surface area contributed by atoms with Crippen LogP contribution in [-0.4, -0.2) is 36.5 Å². The predicted molar refractivity (Wildman–Crippen MR) is 170 cm³/mol. The lowest BCUT2D eigenvalue weighted by Gasteiger charge is -2.31. The first-order valence-corrected chi connectivity index (χ1v) is 17.7. The van der Waals surface area contributed by atoms with Gasteiger partial charge in [0.1, 0.15) is 12.2 Å². The quantitative estimate of drug-likeness (QED) is 0.120. The minimum Gasteiger partial charge on any atom is -0.460 e. The van der Waals surface area contributed by atoms with Gasteiger partial charge in [0.25, 0.3) is 0 Å². The fraction of sp³-hybridized carbons (Fsp3) is 0.778. The van der Waals surface area contributed by atoms with Crippen molar-refractivity contribution in [1.82, 2.24) is 0 Å². The van der Waals surface area contributed by atoms with Gasteiger partial charge in [0.2, 0.25) is 0 Å². The van der Waals surface area contributed by atoms with Crippen LogP contribution in [0.15, 0.2) is 18.2 Å². The van der Waals surface area contributed by atoms with Gasteiger partial charge in [0.15, 0.2) is 12.3 Å². The molecule has 0 N–H and O–H groups in total. The van der Waals surface area contributed by atoms with Crippen LogP contribution in [0.4, 0.5) is 8.78 Å². The number of carbonyl (C=O) groups excluding carboxylic acids is 2. The van der Waals surface area contributed by atoms with Crippen molar-refractivity contribution in [2.24, 2.45) is 0 Å². The third-order valence-corrected chi connectivity index (χ3v) is 9.81. The highest BCUT2D eigenvalue weighted by Gasteiger charge is 2.30. The monoisotopic (exact) mass is 624 g/mol. The minimum atomic E-state index is -1.52. The summed E-state index contributed by atoms with van der Waals surface area (Å²) < 4.78 is 39.6. The number of halogens is 3. The molecule has 3 rings (SSSR count). The Kier molecular flexibility index (Phi) is 16.3. The van der Waals surface area contributed by atoms with Gasteiger partial charge < -0.3 is 9.47 Å². The molecule has 0 spiro atoms. The van der Waals surface area contributed by atoms with Crippen LogP contribution in [0.3, 0.4) is 0 Å². The standard InChI is InChI=1S/C36H55ClF2O4/c1-3-5-7-9-11-13-33(38)35(40)42-29-20-15-26(16-21-29)28-19-24-31(32(37)25-28)27-17-22-30(23-18-27)43-36(41)34(39)14-12-10-8-6-4-2/h19,24-27,29-30,33-34H,3-18,20-23H2,1-2H3/t26-,27-,29-,30-,33-,34-/m0/s1. The van der Waals surface area contributed by atoms with Crippen molar-refractivity contribution >= 4 is 23.5 Å². The van der Waals surface area contributed by atoms with E-state index in [0.29, 0.717) is 11.8 Å². The van der Waals surface area contributed by atoms with Crippen molar-refractivity contribution < 1.29 is 27.8 Å². The van der Waals surface area contributed by atoms with E-state index in [2.05, 4.69) is 32.0 Å². The molecule has 1 aromatic carbocycles. The Balaban J connectivity index is 1.37. The van der Waals surface area contributed by atoms with Crippen molar-refractivity contribution in [2.45, 2.75) is 179 Å². The van der Waals surface area contributed by atoms with Crippen LogP contribution in [0.5, 0.6) is 0 Å². The van der Waals surface area contributed by atoms with E-state index in [4.69, 9.17) is 21.1 Å². The molecule has 0 amide bonds. The third-order valence-electron chi connectivity index (χ3n) is 9.48. The largest absolute Gasteiger partial charge is 0.460 e. The Labute approximate surface area is 264 Å². The predicted octanol–water partition coefficient (Wildman–Crippen LogP) is 10.9. The Bertz CT molecular complexity index is 957. The van der Waals surface area contributed by atoms with Gasteiger partial charge >= 0.3 is 11.9 Å². The van der Waals surface area contributed by atoms with Crippen LogP contribution in [0.1, 0.15) is 165 Å². The van der Waals surface area contributed by atoms with Crippen molar-refractivity contribution in [3.05, 3.63) is 34.3 Å². The number of benzene rings is 1. The SMILES string of the molecule is CCCCCCC[C@H](F)C(=O)O[C@H]1CC[C@H](c2ccc([C@H]3CC[C@H](OC(=O)[C@@H](F)CCCCCCC)CC3)c(Cl)c2)CC1. The molecular formula is C36H55ClF2O4. The molecule has 2 aliphatic carbocycles. The van der Waals surface area contributed by atoms with Crippen LogP contribution < -0.4 is 0 Å². The van der Waals surface area contributed by atoms with Gasteiger partial charge in [-0.15, -0.1) is 0 Å². The molecule has 1 aromatic rings. The van der Waals surface area contributed by atoms with E-state index >= 15 is 0 Å². The van der Waals surface area contributed by atoms with Gasteiger partial charge in [-0.3, -0.25) is 0 Å². The molecule has 0 unspecified atom stereocenters. The zero-order chi connectivity index (χ0) is 31.0. The molecule has 0 radical (unpaired) electrons. The second-order valence-corrected chi connectivity index (χ2v) is 13.4. The normalized spacial score (nSPS) is 23.8. The van der Waals surface area contributed by atoms with Crippen molar-refractivity contribution in [1.29, 1.82) is 0 Å². The molecule has 43 heavy (non-hydrogen) atoms. The van der Waals surface area contributed by atoms with Crippen LogP contribution >= 0.6 is 11.6 Å². The van der Waals surface area contributed by atoms with Gasteiger partial charge in [-0.25, -0.2) is 18.4 Å². The van der Waals surface area contributed by atoms with Gasteiger partial charge in [-0.1, -0.05) is 88.9 Å². The van der Waals surface area contributed by atoms with Gasteiger partial charge in [0.05, 0.1) is 0 Å². The van der Waals surface area contributed by atoms with Crippen molar-refractivity contribution in [3.63, 3.8) is 0 Å². The number of rotatable bonds is 18. The zero-order valence-corrected chi connectivity index (χ0v) is 27.4. The number of hydrogen-bond acceptors (Lipinski definition) is 4.